The van der Waals surface area contributed by atoms with Crippen molar-refractivity contribution in [2.45, 2.75) is 6.54 Å². The monoisotopic (exact) mass is 182 g/mol. The molecule has 2 heterocycles. The summed E-state index contributed by atoms with van der Waals surface area (Å²) in [5.41, 5.74) is 6.47. The molecular formula is C7H10N4S. The number of nitrogens with two attached hydrogens (primary N) is 1. The Hall–Kier alpha value is -1.36. The Morgan fingerprint density at radius 3 is 3.17 bits per heavy atom. The first-order chi connectivity index (χ1) is 5.84. The standard InChI is InChI=1S/C7H8N4S.H2/c8-7-10-6(4-12-7)3-11-2-1-9-5-11;/h1-2,4-5H,3H2,(H2,8,10);1H. The number of hydrogen-bond acceptors (Lipinski definition) is 4. The van der Waals surface area contributed by atoms with E-state index in [0.29, 0.717) is 5.13 Å². The molecule has 0 aliphatic heterocycles. The largest absolute Gasteiger partial charge is 0.375 e. The lowest BCUT2D eigenvalue weighted by molar-refractivity contribution is 0.779. The zero-order valence-corrected chi connectivity index (χ0v) is 7.16. The minimum absolute atomic E-state index is 0. The van der Waals surface area contributed by atoms with Gasteiger partial charge in [0.15, 0.2) is 5.13 Å². The Bertz CT molecular complexity index is 356. The minimum atomic E-state index is 0. The summed E-state index contributed by atoms with van der Waals surface area (Å²) in [6.45, 7) is 0.744. The van der Waals surface area contributed by atoms with E-state index in [9.17, 15) is 0 Å². The quantitative estimate of drug-likeness (QED) is 0.759. The van der Waals surface area contributed by atoms with Gasteiger partial charge in [0.25, 0.3) is 0 Å². The second-order valence-electron chi connectivity index (χ2n) is 2.41. The Morgan fingerprint density at radius 2 is 2.58 bits per heavy atom. The molecule has 2 aromatic heterocycles. The molecule has 0 spiro atoms. The first-order valence-corrected chi connectivity index (χ1v) is 4.38. The van der Waals surface area contributed by atoms with Crippen LogP contribution in [0.15, 0.2) is 24.1 Å². The van der Waals surface area contributed by atoms with Crippen molar-refractivity contribution < 1.29 is 1.43 Å². The molecule has 0 radical (unpaired) electrons. The first-order valence-electron chi connectivity index (χ1n) is 3.50. The van der Waals surface area contributed by atoms with Crippen LogP contribution in [0.5, 0.6) is 0 Å². The third-order valence-electron chi connectivity index (χ3n) is 1.47. The van der Waals surface area contributed by atoms with Crippen LogP contribution in [0, 0.1) is 0 Å². The van der Waals surface area contributed by atoms with Crippen molar-refractivity contribution in [2.24, 2.45) is 0 Å². The molecule has 2 aromatic rings. The molecule has 0 unspecified atom stereocenters. The van der Waals surface area contributed by atoms with E-state index in [1.807, 2.05) is 16.1 Å². The molecule has 0 aliphatic rings. The predicted octanol–water partition coefficient (Wildman–Crippen LogP) is 1.22. The zero-order valence-electron chi connectivity index (χ0n) is 6.34. The normalized spacial score (nSPS) is 10.3. The van der Waals surface area contributed by atoms with Gasteiger partial charge >= 0.3 is 0 Å². The molecule has 2 rings (SSSR count). The van der Waals surface area contributed by atoms with E-state index in [1.54, 1.807) is 12.5 Å². The van der Waals surface area contributed by atoms with Crippen molar-refractivity contribution >= 4 is 16.5 Å². The fourth-order valence-corrected chi connectivity index (χ4v) is 1.52. The Kier molecular flexibility index (Phi) is 1.79. The number of aromatic nitrogens is 3. The lowest BCUT2D eigenvalue weighted by Gasteiger charge is -1.95. The predicted molar refractivity (Wildman–Crippen MR) is 50.0 cm³/mol. The maximum absolute atomic E-state index is 5.49. The van der Waals surface area contributed by atoms with Gasteiger partial charge in [0.1, 0.15) is 0 Å². The van der Waals surface area contributed by atoms with Gasteiger partial charge in [0.05, 0.1) is 18.6 Å². The fourth-order valence-electron chi connectivity index (χ4n) is 0.963. The average molecular weight is 182 g/mol. The zero-order chi connectivity index (χ0) is 8.39. The SMILES string of the molecule is Nc1nc(Cn2ccnc2)cs1.[HH]. The second kappa shape index (κ2) is 2.94. The Labute approximate surface area is 75.2 Å². The third kappa shape index (κ3) is 1.45. The van der Waals surface area contributed by atoms with Gasteiger partial charge in [0.2, 0.25) is 0 Å². The van der Waals surface area contributed by atoms with E-state index in [2.05, 4.69) is 9.97 Å². The molecule has 0 aliphatic carbocycles. The van der Waals surface area contributed by atoms with Gasteiger partial charge < -0.3 is 10.3 Å². The fraction of sp³-hybridized carbons (Fsp3) is 0.143. The smallest absolute Gasteiger partial charge is 0.180 e. The van der Waals surface area contributed by atoms with Crippen LogP contribution in [0.2, 0.25) is 0 Å². The molecule has 2 N–H and O–H groups in total. The number of rotatable bonds is 2. The molecule has 0 saturated carbocycles. The number of imidazole rings is 1. The molecule has 0 fully saturated rings. The Balaban J connectivity index is 0.000000845. The van der Waals surface area contributed by atoms with Gasteiger partial charge in [-0.1, -0.05) is 0 Å². The lowest BCUT2D eigenvalue weighted by Crippen LogP contribution is -1.96. The van der Waals surface area contributed by atoms with Gasteiger partial charge in [-0.25, -0.2) is 9.97 Å². The summed E-state index contributed by atoms with van der Waals surface area (Å²) in [6, 6.07) is 0. The number of hydrogen-bond donors (Lipinski definition) is 1. The van der Waals surface area contributed by atoms with Crippen molar-refractivity contribution in [1.82, 2.24) is 14.5 Å². The topological polar surface area (TPSA) is 56.7 Å². The van der Waals surface area contributed by atoms with Gasteiger partial charge in [-0.2, -0.15) is 0 Å². The maximum atomic E-state index is 5.49. The number of anilines is 1. The highest BCUT2D eigenvalue weighted by atomic mass is 32.1. The van der Waals surface area contributed by atoms with Crippen molar-refractivity contribution in [2.75, 3.05) is 5.73 Å². The summed E-state index contributed by atoms with van der Waals surface area (Å²) in [7, 11) is 0. The van der Waals surface area contributed by atoms with Crippen LogP contribution >= 0.6 is 11.3 Å². The van der Waals surface area contributed by atoms with Gasteiger partial charge in [-0.3, -0.25) is 0 Å². The van der Waals surface area contributed by atoms with E-state index >= 15 is 0 Å². The molecule has 0 atom stereocenters. The van der Waals surface area contributed by atoms with Crippen molar-refractivity contribution in [3.63, 3.8) is 0 Å². The summed E-state index contributed by atoms with van der Waals surface area (Å²) in [4.78, 5) is 8.07. The van der Waals surface area contributed by atoms with E-state index in [0.717, 1.165) is 12.2 Å². The molecule has 12 heavy (non-hydrogen) atoms. The van der Waals surface area contributed by atoms with Gasteiger partial charge in [-0.05, 0) is 0 Å². The molecule has 64 valence electrons. The summed E-state index contributed by atoms with van der Waals surface area (Å²) >= 11 is 1.46. The highest BCUT2D eigenvalue weighted by molar-refractivity contribution is 7.13. The van der Waals surface area contributed by atoms with E-state index < -0.39 is 0 Å². The van der Waals surface area contributed by atoms with E-state index in [4.69, 9.17) is 5.73 Å². The van der Waals surface area contributed by atoms with Gasteiger partial charge in [-0.15, -0.1) is 11.3 Å². The van der Waals surface area contributed by atoms with Crippen LogP contribution in [0.4, 0.5) is 5.13 Å². The van der Waals surface area contributed by atoms with Crippen molar-refractivity contribution in [3.8, 4) is 0 Å². The van der Waals surface area contributed by atoms with Crippen LogP contribution in [0.3, 0.4) is 0 Å². The van der Waals surface area contributed by atoms with Crippen LogP contribution in [-0.2, 0) is 6.54 Å². The van der Waals surface area contributed by atoms with Crippen LogP contribution in [-0.4, -0.2) is 14.5 Å². The summed E-state index contributed by atoms with van der Waals surface area (Å²) in [6.07, 6.45) is 5.40. The second-order valence-corrected chi connectivity index (χ2v) is 3.30. The first kappa shape index (κ1) is 7.30. The van der Waals surface area contributed by atoms with Crippen LogP contribution < -0.4 is 5.73 Å². The highest BCUT2D eigenvalue weighted by Gasteiger charge is 1.98. The number of thiazole rings is 1. The molecule has 5 heteroatoms. The van der Waals surface area contributed by atoms with Crippen molar-refractivity contribution in [3.05, 3.63) is 29.8 Å². The summed E-state index contributed by atoms with van der Waals surface area (Å²) in [5.74, 6) is 0. The van der Waals surface area contributed by atoms with Crippen LogP contribution in [0.1, 0.15) is 7.12 Å². The summed E-state index contributed by atoms with van der Waals surface area (Å²) < 4.78 is 1.95. The average Bonchev–Trinajstić information content (AvgIpc) is 2.63. The molecule has 4 nitrogen and oxygen atoms in total. The Morgan fingerprint density at radius 1 is 1.67 bits per heavy atom. The summed E-state index contributed by atoms with van der Waals surface area (Å²) in [5, 5.41) is 2.57. The van der Waals surface area contributed by atoms with Crippen LogP contribution in [0.25, 0.3) is 0 Å². The molecule has 0 amide bonds. The molecule has 0 saturated heterocycles. The van der Waals surface area contributed by atoms with E-state index in [-0.39, 0.29) is 1.43 Å². The molecule has 0 aromatic carbocycles. The molecule has 0 bridgehead atoms. The highest BCUT2D eigenvalue weighted by Crippen LogP contribution is 2.11. The number of nitrogens with zero attached hydrogens (tertiary/aromatic N) is 3. The third-order valence-corrected chi connectivity index (χ3v) is 2.20. The maximum Gasteiger partial charge on any atom is 0.180 e. The van der Waals surface area contributed by atoms with Gasteiger partial charge in [0, 0.05) is 19.2 Å². The van der Waals surface area contributed by atoms with Crippen molar-refractivity contribution in [1.29, 1.82) is 0 Å². The van der Waals surface area contributed by atoms with E-state index in [1.165, 1.54) is 11.3 Å². The number of nitrogen functional groups attached to an aromatic ring is 1. The minimum Gasteiger partial charge on any atom is -0.375 e. The molecular weight excluding hydrogens is 172 g/mol. The lowest BCUT2D eigenvalue weighted by atomic mass is 10.5.